The van der Waals surface area contributed by atoms with Crippen molar-refractivity contribution >= 4 is 5.91 Å². The molecule has 1 fully saturated rings. The molecule has 0 N–H and O–H groups in total. The number of hydrogen-bond donors (Lipinski definition) is 0. The lowest BCUT2D eigenvalue weighted by atomic mass is 10.00. The number of benzene rings is 2. The number of carbonyl (C=O) groups is 1. The highest BCUT2D eigenvalue weighted by molar-refractivity contribution is 5.94. The van der Waals surface area contributed by atoms with Crippen molar-refractivity contribution in [2.75, 3.05) is 19.7 Å². The molecule has 26 heavy (non-hydrogen) atoms. The van der Waals surface area contributed by atoms with Crippen LogP contribution in [0.5, 0.6) is 11.5 Å². The molecule has 3 aliphatic heterocycles. The van der Waals surface area contributed by atoms with Gasteiger partial charge in [-0.05, 0) is 29.8 Å². The normalized spacial score (nSPS) is 20.1. The minimum atomic E-state index is -0.600. The fourth-order valence-electron chi connectivity index (χ4n) is 3.96. The third-order valence-electron chi connectivity index (χ3n) is 5.51. The third-order valence-corrected chi connectivity index (χ3v) is 5.51. The number of piperidine rings is 1. The fraction of sp³-hybridized carbons (Fsp3) is 0.381. The number of para-hydroxylation sites is 1. The number of carbonyl (C=O) groups excluding carboxylic acids is 1. The summed E-state index contributed by atoms with van der Waals surface area (Å²) in [4.78, 5) is 14.8. The van der Waals surface area contributed by atoms with Crippen LogP contribution in [-0.4, -0.2) is 36.3 Å². The van der Waals surface area contributed by atoms with Gasteiger partial charge in [0.1, 0.15) is 11.5 Å². The van der Waals surface area contributed by atoms with Crippen LogP contribution in [0, 0.1) is 0 Å². The van der Waals surface area contributed by atoms with Crippen LogP contribution in [0.2, 0.25) is 0 Å². The van der Waals surface area contributed by atoms with Gasteiger partial charge < -0.3 is 19.1 Å². The second kappa shape index (κ2) is 6.02. The summed E-state index contributed by atoms with van der Waals surface area (Å²) in [5, 5.41) is 0. The first-order chi connectivity index (χ1) is 12.7. The van der Waals surface area contributed by atoms with E-state index in [2.05, 4.69) is 0 Å². The van der Waals surface area contributed by atoms with Gasteiger partial charge in [0.2, 0.25) is 5.79 Å². The molecule has 3 heterocycles. The first-order valence-corrected chi connectivity index (χ1v) is 9.18. The summed E-state index contributed by atoms with van der Waals surface area (Å²) in [5.74, 6) is 1.28. The molecule has 5 heteroatoms. The van der Waals surface area contributed by atoms with E-state index in [0.29, 0.717) is 39.1 Å². The summed E-state index contributed by atoms with van der Waals surface area (Å²) < 4.78 is 17.8. The number of nitrogens with zero attached hydrogens (tertiary/aromatic N) is 1. The molecule has 2 aromatic rings. The van der Waals surface area contributed by atoms with Crippen LogP contribution < -0.4 is 9.47 Å². The van der Waals surface area contributed by atoms with Crippen molar-refractivity contribution in [3.05, 3.63) is 59.2 Å². The van der Waals surface area contributed by atoms with Crippen LogP contribution in [0.4, 0.5) is 0 Å². The van der Waals surface area contributed by atoms with Gasteiger partial charge in [0.25, 0.3) is 5.91 Å². The van der Waals surface area contributed by atoms with Gasteiger partial charge in [0.15, 0.2) is 0 Å². The van der Waals surface area contributed by atoms with Crippen molar-refractivity contribution in [3.63, 3.8) is 0 Å². The van der Waals surface area contributed by atoms with Gasteiger partial charge in [-0.2, -0.15) is 0 Å². The van der Waals surface area contributed by atoms with E-state index in [1.807, 2.05) is 47.4 Å². The van der Waals surface area contributed by atoms with E-state index in [1.54, 1.807) is 0 Å². The highest BCUT2D eigenvalue weighted by Crippen LogP contribution is 2.37. The summed E-state index contributed by atoms with van der Waals surface area (Å²) in [7, 11) is 0. The van der Waals surface area contributed by atoms with Crippen LogP contribution in [0.1, 0.15) is 34.3 Å². The molecule has 5 nitrogen and oxygen atoms in total. The molecule has 3 aliphatic rings. The predicted octanol–water partition coefficient (Wildman–Crippen LogP) is 3.16. The van der Waals surface area contributed by atoms with Crippen molar-refractivity contribution in [2.45, 2.75) is 31.7 Å². The Morgan fingerprint density at radius 3 is 2.73 bits per heavy atom. The van der Waals surface area contributed by atoms with Crippen LogP contribution in [0.25, 0.3) is 0 Å². The molecule has 0 aromatic heterocycles. The molecule has 0 aliphatic carbocycles. The Kier molecular flexibility index (Phi) is 3.64. The number of amides is 1. The molecule has 134 valence electrons. The standard InChI is InChI=1S/C21H21NO4/c23-20(16-5-6-18-15(13-16)7-12-24-18)22-10-8-21(9-11-22)25-14-17-3-1-2-4-19(17)26-21/h1-6,13H,7-12,14H2. The van der Waals surface area contributed by atoms with Gasteiger partial charge in [-0.25, -0.2) is 0 Å². The zero-order valence-electron chi connectivity index (χ0n) is 14.6. The zero-order chi connectivity index (χ0) is 17.6. The van der Waals surface area contributed by atoms with Crippen molar-refractivity contribution in [2.24, 2.45) is 0 Å². The Morgan fingerprint density at radius 2 is 1.85 bits per heavy atom. The number of rotatable bonds is 1. The van der Waals surface area contributed by atoms with Crippen molar-refractivity contribution < 1.29 is 19.0 Å². The highest BCUT2D eigenvalue weighted by Gasteiger charge is 2.41. The molecular formula is C21H21NO4. The van der Waals surface area contributed by atoms with E-state index >= 15 is 0 Å². The molecule has 0 atom stereocenters. The zero-order valence-corrected chi connectivity index (χ0v) is 14.6. The van der Waals surface area contributed by atoms with E-state index in [-0.39, 0.29) is 5.91 Å². The smallest absolute Gasteiger partial charge is 0.253 e. The summed E-state index contributed by atoms with van der Waals surface area (Å²) in [6.07, 6.45) is 2.24. The highest BCUT2D eigenvalue weighted by atomic mass is 16.7. The monoisotopic (exact) mass is 351 g/mol. The Labute approximate surface area is 152 Å². The molecule has 1 saturated heterocycles. The molecule has 0 bridgehead atoms. The van der Waals surface area contributed by atoms with Gasteiger partial charge in [-0.3, -0.25) is 4.79 Å². The average Bonchev–Trinajstić information content (AvgIpc) is 3.16. The molecule has 0 radical (unpaired) electrons. The molecule has 1 spiro atoms. The van der Waals surface area contributed by atoms with Crippen LogP contribution >= 0.6 is 0 Å². The Balaban J connectivity index is 1.28. The van der Waals surface area contributed by atoms with Gasteiger partial charge in [-0.15, -0.1) is 0 Å². The van der Waals surface area contributed by atoms with E-state index < -0.39 is 5.79 Å². The molecule has 0 unspecified atom stereocenters. The minimum Gasteiger partial charge on any atom is -0.493 e. The van der Waals surface area contributed by atoms with Crippen LogP contribution in [0.3, 0.4) is 0 Å². The Bertz CT molecular complexity index is 855. The first-order valence-electron chi connectivity index (χ1n) is 9.18. The van der Waals surface area contributed by atoms with E-state index in [1.165, 1.54) is 0 Å². The second-order valence-electron chi connectivity index (χ2n) is 7.12. The number of hydrogen-bond acceptors (Lipinski definition) is 4. The predicted molar refractivity (Wildman–Crippen MR) is 95.4 cm³/mol. The van der Waals surface area contributed by atoms with Crippen molar-refractivity contribution in [1.82, 2.24) is 4.90 Å². The van der Waals surface area contributed by atoms with Gasteiger partial charge in [-0.1, -0.05) is 18.2 Å². The first kappa shape index (κ1) is 15.7. The van der Waals surface area contributed by atoms with Crippen molar-refractivity contribution in [3.8, 4) is 11.5 Å². The number of fused-ring (bicyclic) bond motifs is 2. The molecular weight excluding hydrogens is 330 g/mol. The van der Waals surface area contributed by atoms with E-state index in [9.17, 15) is 4.79 Å². The lowest BCUT2D eigenvalue weighted by Crippen LogP contribution is -2.52. The van der Waals surface area contributed by atoms with E-state index in [0.717, 1.165) is 34.6 Å². The SMILES string of the molecule is O=C(c1ccc2c(c1)CCO2)N1CCC2(CC1)OCc1ccccc1O2. The van der Waals surface area contributed by atoms with Crippen molar-refractivity contribution in [1.29, 1.82) is 0 Å². The van der Waals surface area contributed by atoms with Gasteiger partial charge in [0.05, 0.1) is 13.2 Å². The lowest BCUT2D eigenvalue weighted by Gasteiger charge is -2.44. The summed E-state index contributed by atoms with van der Waals surface area (Å²) in [5.41, 5.74) is 2.94. The largest absolute Gasteiger partial charge is 0.493 e. The maximum absolute atomic E-state index is 12.9. The van der Waals surface area contributed by atoms with Gasteiger partial charge >= 0.3 is 0 Å². The lowest BCUT2D eigenvalue weighted by molar-refractivity contribution is -0.225. The molecule has 2 aromatic carbocycles. The fourth-order valence-corrected chi connectivity index (χ4v) is 3.96. The molecule has 0 saturated carbocycles. The van der Waals surface area contributed by atoms with Gasteiger partial charge in [0, 0.05) is 43.5 Å². The molecule has 5 rings (SSSR count). The van der Waals surface area contributed by atoms with Crippen LogP contribution in [-0.2, 0) is 17.8 Å². The quantitative estimate of drug-likeness (QED) is 0.792. The second-order valence-corrected chi connectivity index (χ2v) is 7.12. The number of likely N-dealkylation sites (tertiary alicyclic amines) is 1. The Hall–Kier alpha value is -2.53. The Morgan fingerprint density at radius 1 is 1.00 bits per heavy atom. The summed E-state index contributed by atoms with van der Waals surface area (Å²) in [6.45, 7) is 2.54. The maximum atomic E-state index is 12.9. The summed E-state index contributed by atoms with van der Waals surface area (Å²) in [6, 6.07) is 13.7. The van der Waals surface area contributed by atoms with E-state index in [4.69, 9.17) is 14.2 Å². The maximum Gasteiger partial charge on any atom is 0.253 e. The topological polar surface area (TPSA) is 48.0 Å². The number of ether oxygens (including phenoxy) is 3. The summed E-state index contributed by atoms with van der Waals surface area (Å²) >= 11 is 0. The third kappa shape index (κ3) is 2.63. The molecule has 1 amide bonds. The average molecular weight is 351 g/mol. The minimum absolute atomic E-state index is 0.0748. The van der Waals surface area contributed by atoms with Crippen LogP contribution in [0.15, 0.2) is 42.5 Å².